The van der Waals surface area contributed by atoms with E-state index in [1.807, 2.05) is 66.7 Å². The molecule has 1 unspecified atom stereocenters. The number of carbonyl (C=O) groups is 1. The van der Waals surface area contributed by atoms with Gasteiger partial charge in [-0.25, -0.2) is 9.00 Å². The average Bonchev–Trinajstić information content (AvgIpc) is 2.69. The summed E-state index contributed by atoms with van der Waals surface area (Å²) in [4.78, 5) is 14.1. The summed E-state index contributed by atoms with van der Waals surface area (Å²) in [7, 11) is -1.41. The highest BCUT2D eigenvalue weighted by Crippen LogP contribution is 2.34. The van der Waals surface area contributed by atoms with Gasteiger partial charge in [0.25, 0.3) is 0 Å². The average molecular weight is 358 g/mol. The van der Waals surface area contributed by atoms with Crippen LogP contribution in [-0.2, 0) is 22.1 Å². The lowest BCUT2D eigenvalue weighted by atomic mass is 10.0. The van der Waals surface area contributed by atoms with Crippen molar-refractivity contribution in [3.63, 3.8) is 0 Å². The molecular formula is C22H14O3S. The van der Waals surface area contributed by atoms with Crippen molar-refractivity contribution in [2.24, 2.45) is 0 Å². The van der Waals surface area contributed by atoms with Crippen LogP contribution in [0.1, 0.15) is 15.9 Å². The maximum Gasteiger partial charge on any atom is 0.339 e. The van der Waals surface area contributed by atoms with Crippen LogP contribution in [0.4, 0.5) is 0 Å². The first-order valence-corrected chi connectivity index (χ1v) is 9.50. The summed E-state index contributed by atoms with van der Waals surface area (Å²) in [5.74, 6) is -0.392. The third kappa shape index (κ3) is 2.19. The summed E-state index contributed by atoms with van der Waals surface area (Å²) < 4.78 is 19.2. The van der Waals surface area contributed by atoms with E-state index in [0.717, 1.165) is 26.6 Å². The Balaban J connectivity index is 1.93. The van der Waals surface area contributed by atoms with Gasteiger partial charge in [-0.05, 0) is 34.5 Å². The molecule has 0 N–H and O–H groups in total. The number of cyclic esters (lactones) is 1. The maximum atomic E-state index is 13.6. The Hall–Kier alpha value is -2.98. The van der Waals surface area contributed by atoms with Crippen molar-refractivity contribution >= 4 is 38.3 Å². The van der Waals surface area contributed by atoms with E-state index in [2.05, 4.69) is 0 Å². The summed E-state index contributed by atoms with van der Waals surface area (Å²) in [6.07, 6.45) is 0. The first-order valence-electron chi connectivity index (χ1n) is 8.35. The molecule has 0 saturated heterocycles. The number of esters is 1. The minimum Gasteiger partial charge on any atom is -0.457 e. The molecule has 126 valence electrons. The van der Waals surface area contributed by atoms with Gasteiger partial charge < -0.3 is 4.74 Å². The zero-order valence-electron chi connectivity index (χ0n) is 13.8. The van der Waals surface area contributed by atoms with E-state index in [1.54, 1.807) is 6.07 Å². The molecule has 1 atom stereocenters. The Morgan fingerprint density at radius 1 is 0.731 bits per heavy atom. The van der Waals surface area contributed by atoms with Crippen LogP contribution in [0.3, 0.4) is 0 Å². The van der Waals surface area contributed by atoms with E-state index in [9.17, 15) is 9.00 Å². The second kappa shape index (κ2) is 5.78. The highest BCUT2D eigenvalue weighted by atomic mass is 32.2. The van der Waals surface area contributed by atoms with Crippen molar-refractivity contribution in [1.29, 1.82) is 0 Å². The van der Waals surface area contributed by atoms with Crippen LogP contribution in [0.25, 0.3) is 21.5 Å². The van der Waals surface area contributed by atoms with Gasteiger partial charge in [0, 0.05) is 10.8 Å². The largest absolute Gasteiger partial charge is 0.457 e. The van der Waals surface area contributed by atoms with Crippen molar-refractivity contribution in [3.8, 4) is 0 Å². The molecule has 26 heavy (non-hydrogen) atoms. The summed E-state index contributed by atoms with van der Waals surface area (Å²) in [5.41, 5.74) is 1.32. The van der Waals surface area contributed by atoms with Gasteiger partial charge in [0.2, 0.25) is 0 Å². The van der Waals surface area contributed by atoms with Crippen molar-refractivity contribution in [3.05, 3.63) is 83.9 Å². The molecule has 0 saturated carbocycles. The maximum absolute atomic E-state index is 13.6. The monoisotopic (exact) mass is 358 g/mol. The molecule has 0 aliphatic carbocycles. The first kappa shape index (κ1) is 15.3. The van der Waals surface area contributed by atoms with E-state index in [0.29, 0.717) is 15.8 Å². The number of carbonyl (C=O) groups excluding carboxylic acids is 1. The quantitative estimate of drug-likeness (QED) is 0.423. The van der Waals surface area contributed by atoms with Gasteiger partial charge in [-0.1, -0.05) is 54.6 Å². The van der Waals surface area contributed by atoms with Gasteiger partial charge in [-0.3, -0.25) is 0 Å². The molecule has 0 amide bonds. The summed E-state index contributed by atoms with van der Waals surface area (Å²) in [5, 5.41) is 3.48. The lowest BCUT2D eigenvalue weighted by Crippen LogP contribution is -2.10. The molecule has 1 heterocycles. The van der Waals surface area contributed by atoms with Gasteiger partial charge in [0.05, 0.1) is 26.2 Å². The van der Waals surface area contributed by atoms with Crippen LogP contribution < -0.4 is 0 Å². The summed E-state index contributed by atoms with van der Waals surface area (Å²) in [6.45, 7) is 0.156. The number of rotatable bonds is 0. The van der Waals surface area contributed by atoms with E-state index < -0.39 is 16.8 Å². The van der Waals surface area contributed by atoms with Crippen LogP contribution in [0.5, 0.6) is 0 Å². The number of ether oxygens (including phenoxy) is 1. The third-order valence-corrected chi connectivity index (χ3v) is 6.28. The fourth-order valence-corrected chi connectivity index (χ4v) is 5.12. The van der Waals surface area contributed by atoms with Crippen molar-refractivity contribution in [2.45, 2.75) is 16.4 Å². The van der Waals surface area contributed by atoms with Gasteiger partial charge in [0.15, 0.2) is 0 Å². The molecule has 1 aliphatic heterocycles. The Morgan fingerprint density at radius 2 is 1.31 bits per heavy atom. The van der Waals surface area contributed by atoms with E-state index in [-0.39, 0.29) is 6.61 Å². The fourth-order valence-electron chi connectivity index (χ4n) is 3.63. The zero-order chi connectivity index (χ0) is 17.7. The smallest absolute Gasteiger partial charge is 0.339 e. The highest BCUT2D eigenvalue weighted by molar-refractivity contribution is 7.85. The fraction of sp³-hybridized carbons (Fsp3) is 0.0455. The number of benzene rings is 4. The van der Waals surface area contributed by atoms with Crippen molar-refractivity contribution in [1.82, 2.24) is 0 Å². The Kier molecular flexibility index (Phi) is 3.40. The highest BCUT2D eigenvalue weighted by Gasteiger charge is 2.22. The topological polar surface area (TPSA) is 43.4 Å². The van der Waals surface area contributed by atoms with Crippen molar-refractivity contribution < 1.29 is 13.7 Å². The van der Waals surface area contributed by atoms with E-state index >= 15 is 0 Å². The summed E-state index contributed by atoms with van der Waals surface area (Å²) >= 11 is 0. The van der Waals surface area contributed by atoms with Crippen LogP contribution in [0.2, 0.25) is 0 Å². The minimum absolute atomic E-state index is 0.156. The Bertz CT molecular complexity index is 1220. The van der Waals surface area contributed by atoms with Crippen molar-refractivity contribution in [2.75, 3.05) is 0 Å². The molecule has 5 rings (SSSR count). The lowest BCUT2D eigenvalue weighted by Gasteiger charge is -2.17. The first-order chi connectivity index (χ1) is 12.7. The van der Waals surface area contributed by atoms with Crippen LogP contribution in [0, 0.1) is 0 Å². The molecule has 0 spiro atoms. The molecular weight excluding hydrogens is 344 g/mol. The normalized spacial score (nSPS) is 16.5. The zero-order valence-corrected chi connectivity index (χ0v) is 14.6. The number of hydrogen-bond acceptors (Lipinski definition) is 3. The van der Waals surface area contributed by atoms with Gasteiger partial charge in [0.1, 0.15) is 6.61 Å². The number of hydrogen-bond donors (Lipinski definition) is 0. The molecule has 1 aliphatic rings. The molecule has 3 nitrogen and oxygen atoms in total. The predicted molar refractivity (Wildman–Crippen MR) is 102 cm³/mol. The molecule has 4 heteroatoms. The van der Waals surface area contributed by atoms with Crippen LogP contribution in [0.15, 0.2) is 82.6 Å². The predicted octanol–water partition coefficient (Wildman–Crippen LogP) is 4.83. The Labute approximate surface area is 152 Å². The van der Waals surface area contributed by atoms with E-state index in [1.165, 1.54) is 0 Å². The standard InChI is InChI=1S/C22H14O3S/c23-22-17-10-2-6-15-8-4-12-19(21(15)17)26(24)18-11-3-7-14-5-1-9-16(13-25-22)20(14)18/h1-12H,13H2. The Morgan fingerprint density at radius 3 is 2.04 bits per heavy atom. The van der Waals surface area contributed by atoms with E-state index in [4.69, 9.17) is 4.74 Å². The second-order valence-corrected chi connectivity index (χ2v) is 7.69. The van der Waals surface area contributed by atoms with Gasteiger partial charge >= 0.3 is 5.97 Å². The van der Waals surface area contributed by atoms with Gasteiger partial charge in [-0.15, -0.1) is 0 Å². The lowest BCUT2D eigenvalue weighted by molar-refractivity contribution is 0.0476. The molecule has 0 radical (unpaired) electrons. The van der Waals surface area contributed by atoms with Gasteiger partial charge in [-0.2, -0.15) is 0 Å². The molecule has 0 fully saturated rings. The third-order valence-electron chi connectivity index (χ3n) is 4.80. The SMILES string of the molecule is O=C1OCc2cccc3cccc(c23)S(=O)c2cccc3cccc1c23. The van der Waals surface area contributed by atoms with Crippen LogP contribution >= 0.6 is 0 Å². The van der Waals surface area contributed by atoms with Crippen LogP contribution in [-0.4, -0.2) is 10.2 Å². The molecule has 0 bridgehead atoms. The second-order valence-electron chi connectivity index (χ2n) is 6.28. The minimum atomic E-state index is -1.41. The molecule has 0 aromatic heterocycles. The summed E-state index contributed by atoms with van der Waals surface area (Å²) in [6, 6.07) is 22.8. The molecule has 4 aromatic rings. The molecule has 4 aromatic carbocycles.